The van der Waals surface area contributed by atoms with Crippen molar-refractivity contribution in [3.63, 3.8) is 0 Å². The maximum absolute atomic E-state index is 14.1. The van der Waals surface area contributed by atoms with Gasteiger partial charge in [0.25, 0.3) is 5.72 Å². The van der Waals surface area contributed by atoms with Gasteiger partial charge in [-0.25, -0.2) is 22.9 Å². The fourth-order valence-corrected chi connectivity index (χ4v) is 3.29. The maximum atomic E-state index is 14.1. The number of benzene rings is 2. The highest BCUT2D eigenvalue weighted by Gasteiger charge is 2.59. The summed E-state index contributed by atoms with van der Waals surface area (Å²) in [4.78, 5) is 4.16. The summed E-state index contributed by atoms with van der Waals surface area (Å²) in [7, 11) is -2.78. The van der Waals surface area contributed by atoms with Crippen molar-refractivity contribution in [2.75, 3.05) is 18.6 Å². The lowest BCUT2D eigenvalue weighted by atomic mass is 10.1. The molecule has 0 aliphatic carbocycles. The number of methoxy groups -OCH3 is 1. The summed E-state index contributed by atoms with van der Waals surface area (Å²) >= 11 is 0. The minimum Gasteiger partial charge on any atom is -0.494 e. The first-order chi connectivity index (χ1) is 13.4. The molecule has 3 rings (SSSR count). The number of nitrogens with two attached hydrogens (primary N) is 1. The van der Waals surface area contributed by atoms with E-state index in [0.29, 0.717) is 0 Å². The highest BCUT2D eigenvalue weighted by Crippen LogP contribution is 2.39. The molecule has 0 aromatic heterocycles. The topological polar surface area (TPSA) is 105 Å². The zero-order valence-electron chi connectivity index (χ0n) is 14.8. The molecule has 1 unspecified atom stereocenters. The molecule has 0 spiro atoms. The number of sulfonamides is 1. The number of halogens is 4. The molecule has 0 bridgehead atoms. The summed E-state index contributed by atoms with van der Waals surface area (Å²) < 4.78 is 81.7. The smallest absolute Gasteiger partial charge is 0.440 e. The molecule has 0 saturated heterocycles. The average molecular weight is 433 g/mol. The van der Waals surface area contributed by atoms with Gasteiger partial charge in [0, 0.05) is 11.3 Å². The molecule has 1 heterocycles. The molecule has 3 N–H and O–H groups in total. The zero-order chi connectivity index (χ0) is 21.6. The summed E-state index contributed by atoms with van der Waals surface area (Å²) in [6.07, 6.45) is -5.10. The molecule has 0 radical (unpaired) electrons. The van der Waals surface area contributed by atoms with Gasteiger partial charge in [-0.1, -0.05) is 0 Å². The summed E-state index contributed by atoms with van der Waals surface area (Å²) in [5.74, 6) is -1.31. The molecule has 1 atom stereocenters. The lowest BCUT2D eigenvalue weighted by Crippen LogP contribution is -2.47. The fourth-order valence-electron chi connectivity index (χ4n) is 2.77. The van der Waals surface area contributed by atoms with E-state index in [1.807, 2.05) is 0 Å². The van der Waals surface area contributed by atoms with Crippen LogP contribution in [-0.4, -0.2) is 44.9 Å². The van der Waals surface area contributed by atoms with Gasteiger partial charge in [0.05, 0.1) is 18.6 Å². The molecule has 1 aliphatic heterocycles. The van der Waals surface area contributed by atoms with Gasteiger partial charge in [0.1, 0.15) is 5.84 Å². The highest BCUT2D eigenvalue weighted by atomic mass is 32.2. The third-order valence-corrected chi connectivity index (χ3v) is 5.20. The van der Waals surface area contributed by atoms with Crippen molar-refractivity contribution in [2.24, 2.45) is 10.1 Å². The van der Waals surface area contributed by atoms with Crippen LogP contribution in [0.3, 0.4) is 0 Å². The van der Waals surface area contributed by atoms with Crippen molar-refractivity contribution < 1.29 is 35.8 Å². The van der Waals surface area contributed by atoms with E-state index in [-0.39, 0.29) is 27.7 Å². The van der Waals surface area contributed by atoms with Gasteiger partial charge >= 0.3 is 6.18 Å². The molecule has 0 fully saturated rings. The van der Waals surface area contributed by atoms with Crippen LogP contribution in [0.5, 0.6) is 5.75 Å². The van der Waals surface area contributed by atoms with Gasteiger partial charge in [0.2, 0.25) is 10.0 Å². The Morgan fingerprint density at radius 1 is 1.21 bits per heavy atom. The highest BCUT2D eigenvalue weighted by molar-refractivity contribution is 7.89. The molecular weight excluding hydrogens is 418 g/mol. The van der Waals surface area contributed by atoms with Crippen molar-refractivity contribution in [3.05, 3.63) is 53.8 Å². The zero-order valence-corrected chi connectivity index (χ0v) is 15.6. The Morgan fingerprint density at radius 2 is 1.83 bits per heavy atom. The second-order valence-corrected chi connectivity index (χ2v) is 7.79. The first kappa shape index (κ1) is 21.0. The largest absolute Gasteiger partial charge is 0.494 e. The first-order valence-electron chi connectivity index (χ1n) is 7.99. The third kappa shape index (κ3) is 3.91. The molecule has 0 amide bonds. The number of rotatable bonds is 4. The van der Waals surface area contributed by atoms with Gasteiger partial charge in [-0.3, -0.25) is 0 Å². The van der Waals surface area contributed by atoms with Gasteiger partial charge in [0.15, 0.2) is 11.6 Å². The quantitative estimate of drug-likeness (QED) is 0.718. The number of alkyl halides is 3. The van der Waals surface area contributed by atoms with Crippen LogP contribution in [-0.2, 0) is 10.0 Å². The van der Waals surface area contributed by atoms with E-state index >= 15 is 0 Å². The molecule has 1 aliphatic rings. The van der Waals surface area contributed by atoms with Gasteiger partial charge in [-0.15, -0.1) is 0 Å². The van der Waals surface area contributed by atoms with Crippen molar-refractivity contribution in [1.82, 2.24) is 0 Å². The number of anilines is 1. The predicted octanol–water partition coefficient (Wildman–Crippen LogP) is 2.00. The van der Waals surface area contributed by atoms with E-state index < -0.39 is 34.3 Å². The fraction of sp³-hybridized carbons (Fsp3) is 0.235. The van der Waals surface area contributed by atoms with Crippen molar-refractivity contribution >= 4 is 21.5 Å². The first-order valence-corrected chi connectivity index (χ1v) is 9.53. The van der Waals surface area contributed by atoms with Crippen LogP contribution in [0.2, 0.25) is 0 Å². The Balaban J connectivity index is 2.10. The molecule has 2 aromatic rings. The number of β-amino-alcohol motifs (C(OH)–C–C–N with tert-alkyl or cyclic N) is 1. The van der Waals surface area contributed by atoms with Crippen LogP contribution < -0.4 is 14.8 Å². The van der Waals surface area contributed by atoms with E-state index in [1.54, 1.807) is 0 Å². The number of hydrogen-bond acceptors (Lipinski definition) is 6. The Bertz CT molecular complexity index is 1070. The molecule has 29 heavy (non-hydrogen) atoms. The summed E-state index contributed by atoms with van der Waals surface area (Å²) in [5.41, 5.74) is -3.39. The third-order valence-electron chi connectivity index (χ3n) is 4.27. The number of aliphatic imine (C=N–C) groups is 1. The Kier molecular flexibility index (Phi) is 5.05. The average Bonchev–Trinajstić information content (AvgIpc) is 3.00. The molecular formula is C17H15F4N3O4S. The van der Waals surface area contributed by atoms with Crippen molar-refractivity contribution in [1.29, 1.82) is 0 Å². The van der Waals surface area contributed by atoms with E-state index in [2.05, 4.69) is 4.99 Å². The van der Waals surface area contributed by atoms with Crippen LogP contribution in [0.25, 0.3) is 0 Å². The van der Waals surface area contributed by atoms with Crippen LogP contribution in [0.1, 0.15) is 5.56 Å². The van der Waals surface area contributed by atoms with E-state index in [4.69, 9.17) is 9.88 Å². The van der Waals surface area contributed by atoms with Crippen LogP contribution in [0.15, 0.2) is 52.4 Å². The minimum absolute atomic E-state index is 0.0426. The van der Waals surface area contributed by atoms with Crippen molar-refractivity contribution in [3.8, 4) is 5.75 Å². The number of primary sulfonamides is 1. The van der Waals surface area contributed by atoms with Crippen molar-refractivity contribution in [2.45, 2.75) is 16.8 Å². The summed E-state index contributed by atoms with van der Waals surface area (Å²) in [6, 6.07) is 8.03. The minimum atomic E-state index is -5.10. The lowest BCUT2D eigenvalue weighted by molar-refractivity contribution is -0.249. The SMILES string of the molecule is COc1ccc(C2=NC(O)(C(F)(F)F)CN2c2ccc(S(N)(=O)=O)cc2)cc1F. The van der Waals surface area contributed by atoms with Crippen LogP contribution in [0.4, 0.5) is 23.2 Å². The molecule has 156 valence electrons. The second-order valence-electron chi connectivity index (χ2n) is 6.22. The normalized spacial score (nSPS) is 20.0. The molecule has 0 saturated carbocycles. The van der Waals surface area contributed by atoms with Gasteiger partial charge < -0.3 is 14.7 Å². The number of amidine groups is 1. The van der Waals surface area contributed by atoms with E-state index in [0.717, 1.165) is 23.1 Å². The number of hydrogen-bond donors (Lipinski definition) is 2. The summed E-state index contributed by atoms with van der Waals surface area (Å²) in [6.45, 7) is -1.01. The Labute approximate surface area is 163 Å². The molecule has 7 nitrogen and oxygen atoms in total. The van der Waals surface area contributed by atoms with E-state index in [9.17, 15) is 31.1 Å². The van der Waals surface area contributed by atoms with Crippen LogP contribution in [0, 0.1) is 5.82 Å². The molecule has 2 aromatic carbocycles. The monoisotopic (exact) mass is 433 g/mol. The Hall–Kier alpha value is -2.70. The lowest BCUT2D eigenvalue weighted by Gasteiger charge is -2.25. The van der Waals surface area contributed by atoms with Crippen LogP contribution >= 0.6 is 0 Å². The predicted molar refractivity (Wildman–Crippen MR) is 95.7 cm³/mol. The van der Waals surface area contributed by atoms with Gasteiger partial charge in [-0.05, 0) is 42.5 Å². The maximum Gasteiger partial charge on any atom is 0.440 e. The standard InChI is InChI=1S/C17H15F4N3O4S/c1-28-14-7-2-10(8-13(14)18)15-23-16(25,17(19,20)21)9-24(15)11-3-5-12(6-4-11)29(22,26)27/h2-8,25H,9H2,1H3,(H2,22,26,27). The second kappa shape index (κ2) is 6.97. The Morgan fingerprint density at radius 3 is 2.31 bits per heavy atom. The van der Waals surface area contributed by atoms with Gasteiger partial charge in [-0.2, -0.15) is 13.2 Å². The van der Waals surface area contributed by atoms with E-state index in [1.165, 1.54) is 31.4 Å². The number of ether oxygens (including phenoxy) is 1. The summed E-state index contributed by atoms with van der Waals surface area (Å²) in [5, 5.41) is 15.1. The number of aliphatic hydroxyl groups is 1. The molecule has 12 heteroatoms. The number of nitrogens with zero attached hydrogens (tertiary/aromatic N) is 2.